The third-order valence-corrected chi connectivity index (χ3v) is 3.96. The molecule has 1 aromatic carbocycles. The fraction of sp³-hybridized carbons (Fsp3) is 0.111. The van der Waals surface area contributed by atoms with Gasteiger partial charge in [0.25, 0.3) is 0 Å². The Hall–Kier alpha value is -3.22. The van der Waals surface area contributed by atoms with Crippen molar-refractivity contribution in [3.05, 3.63) is 66.5 Å². The molecule has 0 spiro atoms. The lowest BCUT2D eigenvalue weighted by Gasteiger charge is -2.06. The van der Waals surface area contributed by atoms with Crippen LogP contribution in [0.25, 0.3) is 28.3 Å². The van der Waals surface area contributed by atoms with Crippen LogP contribution < -0.4 is 0 Å². The molecule has 0 fully saturated rings. The molecule has 4 aromatic rings. The normalized spacial score (nSPS) is 11.2. The molecule has 0 bridgehead atoms. The summed E-state index contributed by atoms with van der Waals surface area (Å²) in [6.07, 6.45) is 7.12. The van der Waals surface area contributed by atoms with Gasteiger partial charge in [0.1, 0.15) is 23.7 Å². The lowest BCUT2D eigenvalue weighted by molar-refractivity contribution is 0.585. The number of benzene rings is 1. The molecule has 0 amide bonds. The number of nitrogens with zero attached hydrogens (tertiary/aromatic N) is 5. The molecular weight excluding hydrogens is 324 g/mol. The summed E-state index contributed by atoms with van der Waals surface area (Å²) in [6, 6.07) is 5.17. The summed E-state index contributed by atoms with van der Waals surface area (Å²) in [6.45, 7) is 1.97. The zero-order valence-corrected chi connectivity index (χ0v) is 13.3. The minimum absolute atomic E-state index is 0.209. The molecule has 0 aliphatic rings. The third-order valence-electron chi connectivity index (χ3n) is 3.96. The van der Waals surface area contributed by atoms with Crippen LogP contribution in [0.1, 0.15) is 12.6 Å². The number of fused-ring (bicyclic) bond motifs is 1. The van der Waals surface area contributed by atoms with Gasteiger partial charge >= 0.3 is 0 Å². The van der Waals surface area contributed by atoms with E-state index in [1.54, 1.807) is 24.7 Å². The van der Waals surface area contributed by atoms with Crippen molar-refractivity contribution < 1.29 is 8.78 Å². The highest BCUT2D eigenvalue weighted by atomic mass is 19.1. The van der Waals surface area contributed by atoms with Crippen LogP contribution in [0.3, 0.4) is 0 Å². The Morgan fingerprint density at radius 3 is 2.68 bits per heavy atom. The predicted octanol–water partition coefficient (Wildman–Crippen LogP) is 3.69. The van der Waals surface area contributed by atoms with Crippen molar-refractivity contribution in [2.24, 2.45) is 0 Å². The smallest absolute Gasteiger partial charge is 0.159 e. The Morgan fingerprint density at radius 2 is 1.96 bits per heavy atom. The number of rotatable bonds is 3. The van der Waals surface area contributed by atoms with E-state index in [9.17, 15) is 8.78 Å². The van der Waals surface area contributed by atoms with Gasteiger partial charge in [0, 0.05) is 30.2 Å². The van der Waals surface area contributed by atoms with Gasteiger partial charge in [0.05, 0.1) is 17.1 Å². The maximum absolute atomic E-state index is 14.4. The fourth-order valence-electron chi connectivity index (χ4n) is 2.82. The Kier molecular flexibility index (Phi) is 3.68. The van der Waals surface area contributed by atoms with Gasteiger partial charge in [-0.2, -0.15) is 0 Å². The molecule has 0 aliphatic carbocycles. The van der Waals surface area contributed by atoms with Gasteiger partial charge in [0.2, 0.25) is 0 Å². The van der Waals surface area contributed by atoms with Crippen LogP contribution >= 0.6 is 0 Å². The van der Waals surface area contributed by atoms with E-state index in [0.29, 0.717) is 29.1 Å². The second kappa shape index (κ2) is 6.01. The van der Waals surface area contributed by atoms with Gasteiger partial charge in [-0.15, -0.1) is 0 Å². The zero-order chi connectivity index (χ0) is 17.4. The Labute approximate surface area is 142 Å². The first-order valence-corrected chi connectivity index (χ1v) is 7.76. The van der Waals surface area contributed by atoms with Crippen LogP contribution in [0.4, 0.5) is 8.78 Å². The average Bonchev–Trinajstić information content (AvgIpc) is 3.01. The van der Waals surface area contributed by atoms with Crippen molar-refractivity contribution in [1.82, 2.24) is 24.3 Å². The highest BCUT2D eigenvalue weighted by Crippen LogP contribution is 2.33. The quantitative estimate of drug-likeness (QED) is 0.572. The predicted molar refractivity (Wildman–Crippen MR) is 88.7 cm³/mol. The molecule has 5 nitrogen and oxygen atoms in total. The maximum atomic E-state index is 14.4. The van der Waals surface area contributed by atoms with E-state index in [0.717, 1.165) is 11.8 Å². The molecule has 0 saturated heterocycles. The van der Waals surface area contributed by atoms with Crippen LogP contribution in [-0.4, -0.2) is 24.3 Å². The number of hydrogen-bond donors (Lipinski definition) is 0. The van der Waals surface area contributed by atoms with E-state index >= 15 is 0 Å². The molecule has 3 aromatic heterocycles. The molecule has 0 N–H and O–H groups in total. The van der Waals surface area contributed by atoms with Gasteiger partial charge < -0.3 is 0 Å². The summed E-state index contributed by atoms with van der Waals surface area (Å²) in [5.74, 6) is -1.31. The molecule has 0 saturated carbocycles. The summed E-state index contributed by atoms with van der Waals surface area (Å²) in [5.41, 5.74) is 3.21. The standard InChI is InChI=1S/C18H13F2N5/c1-2-14-18-24-16(12-4-3-11(19)9-13(12)20)17(25(18)8-7-22-14)15-5-6-21-10-23-15/h3-10H,2H2,1H3. The van der Waals surface area contributed by atoms with Crippen LogP contribution in [0.5, 0.6) is 0 Å². The van der Waals surface area contributed by atoms with Crippen molar-refractivity contribution >= 4 is 5.65 Å². The largest absolute Gasteiger partial charge is 0.295 e. The molecular formula is C18H13F2N5. The van der Waals surface area contributed by atoms with Crippen molar-refractivity contribution in [2.45, 2.75) is 13.3 Å². The molecule has 4 rings (SSSR count). The maximum Gasteiger partial charge on any atom is 0.159 e. The monoisotopic (exact) mass is 337 g/mol. The summed E-state index contributed by atoms with van der Waals surface area (Å²) in [7, 11) is 0. The Balaban J connectivity index is 2.09. The van der Waals surface area contributed by atoms with Gasteiger partial charge in [-0.25, -0.2) is 23.7 Å². The summed E-state index contributed by atoms with van der Waals surface area (Å²) in [4.78, 5) is 17.1. The Bertz CT molecular complexity index is 1060. The van der Waals surface area contributed by atoms with Crippen LogP contribution in [0.15, 0.2) is 49.2 Å². The highest BCUT2D eigenvalue weighted by Gasteiger charge is 2.21. The number of imidazole rings is 1. The molecule has 0 aliphatic heterocycles. The number of halogens is 2. The van der Waals surface area contributed by atoms with E-state index in [1.165, 1.54) is 18.5 Å². The average molecular weight is 337 g/mol. The molecule has 25 heavy (non-hydrogen) atoms. The minimum atomic E-state index is -0.676. The molecule has 3 heterocycles. The first-order chi connectivity index (χ1) is 12.2. The summed E-state index contributed by atoms with van der Waals surface area (Å²) in [5, 5.41) is 0. The topological polar surface area (TPSA) is 56.0 Å². The number of hydrogen-bond acceptors (Lipinski definition) is 4. The summed E-state index contributed by atoms with van der Waals surface area (Å²) >= 11 is 0. The van der Waals surface area contributed by atoms with Gasteiger partial charge in [0.15, 0.2) is 5.65 Å². The lowest BCUT2D eigenvalue weighted by Crippen LogP contribution is -1.97. The fourth-order valence-corrected chi connectivity index (χ4v) is 2.82. The van der Waals surface area contributed by atoms with E-state index in [1.807, 2.05) is 11.3 Å². The molecule has 0 atom stereocenters. The van der Waals surface area contributed by atoms with E-state index in [4.69, 9.17) is 0 Å². The Morgan fingerprint density at radius 1 is 1.08 bits per heavy atom. The van der Waals surface area contributed by atoms with Gasteiger partial charge in [-0.05, 0) is 24.6 Å². The molecule has 124 valence electrons. The van der Waals surface area contributed by atoms with Gasteiger partial charge in [-0.3, -0.25) is 9.38 Å². The van der Waals surface area contributed by atoms with Crippen molar-refractivity contribution in [3.63, 3.8) is 0 Å². The van der Waals surface area contributed by atoms with Crippen LogP contribution in [-0.2, 0) is 6.42 Å². The number of aryl methyl sites for hydroxylation is 1. The first-order valence-electron chi connectivity index (χ1n) is 7.76. The SMILES string of the molecule is CCc1nccn2c(-c3ccncn3)c(-c3ccc(F)cc3F)nc12. The second-order valence-corrected chi connectivity index (χ2v) is 5.45. The summed E-state index contributed by atoms with van der Waals surface area (Å²) < 4.78 is 29.5. The van der Waals surface area contributed by atoms with E-state index < -0.39 is 11.6 Å². The molecule has 7 heteroatoms. The van der Waals surface area contributed by atoms with E-state index in [-0.39, 0.29) is 5.56 Å². The van der Waals surface area contributed by atoms with E-state index in [2.05, 4.69) is 19.9 Å². The third kappa shape index (κ3) is 2.53. The van der Waals surface area contributed by atoms with Crippen molar-refractivity contribution in [2.75, 3.05) is 0 Å². The highest BCUT2D eigenvalue weighted by molar-refractivity contribution is 5.81. The lowest BCUT2D eigenvalue weighted by atomic mass is 10.1. The van der Waals surface area contributed by atoms with Crippen molar-refractivity contribution in [3.8, 4) is 22.6 Å². The second-order valence-electron chi connectivity index (χ2n) is 5.45. The minimum Gasteiger partial charge on any atom is -0.295 e. The zero-order valence-electron chi connectivity index (χ0n) is 13.3. The molecule has 0 radical (unpaired) electrons. The first kappa shape index (κ1) is 15.3. The number of aromatic nitrogens is 5. The van der Waals surface area contributed by atoms with Crippen LogP contribution in [0.2, 0.25) is 0 Å². The van der Waals surface area contributed by atoms with Crippen LogP contribution in [0, 0.1) is 11.6 Å². The molecule has 0 unspecified atom stereocenters. The van der Waals surface area contributed by atoms with Crippen molar-refractivity contribution in [1.29, 1.82) is 0 Å². The van der Waals surface area contributed by atoms with Gasteiger partial charge in [-0.1, -0.05) is 6.92 Å².